The number of amides is 1. The summed E-state index contributed by atoms with van der Waals surface area (Å²) in [5.41, 5.74) is 4.91. The summed E-state index contributed by atoms with van der Waals surface area (Å²) in [6.07, 6.45) is 4.94. The van der Waals surface area contributed by atoms with E-state index < -0.39 is 39.3 Å². The molecule has 252 valence electrons. The van der Waals surface area contributed by atoms with Crippen LogP contribution in [-0.4, -0.2) is 63.5 Å². The molecule has 9 nitrogen and oxygen atoms in total. The summed E-state index contributed by atoms with van der Waals surface area (Å²) < 4.78 is 45.2. The Morgan fingerprint density at radius 2 is 1.79 bits per heavy atom. The Balaban J connectivity index is 1.94. The lowest BCUT2D eigenvalue weighted by Crippen LogP contribution is -2.58. The number of likely N-dealkylation sites (N-methyl/N-ethyl adjacent to an activating group) is 1. The van der Waals surface area contributed by atoms with E-state index in [1.54, 1.807) is 4.90 Å². The van der Waals surface area contributed by atoms with Gasteiger partial charge in [0, 0.05) is 43.2 Å². The van der Waals surface area contributed by atoms with Crippen molar-refractivity contribution in [1.82, 2.24) is 19.4 Å². The van der Waals surface area contributed by atoms with Gasteiger partial charge in [-0.25, -0.2) is 18.2 Å². The zero-order valence-corrected chi connectivity index (χ0v) is 28.7. The lowest BCUT2D eigenvalue weighted by Gasteiger charge is -2.45. The molecular weight excluding hydrogens is 666 g/mol. The number of piperazine rings is 1. The minimum absolute atomic E-state index is 0.00242. The van der Waals surface area contributed by atoms with Crippen LogP contribution in [0.15, 0.2) is 41.4 Å². The molecule has 48 heavy (non-hydrogen) atoms. The van der Waals surface area contributed by atoms with Gasteiger partial charge in [-0.3, -0.25) is 14.2 Å². The third-order valence-corrected chi connectivity index (χ3v) is 9.59. The zero-order valence-electron chi connectivity index (χ0n) is 27.2. The highest BCUT2D eigenvalue weighted by atomic mass is 35.5. The highest BCUT2D eigenvalue weighted by Crippen LogP contribution is 2.44. The maximum atomic E-state index is 14.8. The average Bonchev–Trinajstić information content (AvgIpc) is 3.03. The number of nitrogen functional groups attached to an aromatic ring is 1. The number of anilines is 2. The number of benzene rings is 1. The minimum atomic E-state index is -1.86. The Morgan fingerprint density at radius 3 is 2.35 bits per heavy atom. The van der Waals surface area contributed by atoms with E-state index in [1.165, 1.54) is 16.7 Å². The molecule has 2 N–H and O–H groups in total. The van der Waals surface area contributed by atoms with Crippen molar-refractivity contribution in [2.45, 2.75) is 52.7 Å². The van der Waals surface area contributed by atoms with Crippen molar-refractivity contribution in [3.63, 3.8) is 0 Å². The molecule has 1 aromatic carbocycles. The van der Waals surface area contributed by atoms with Crippen molar-refractivity contribution in [2.75, 3.05) is 30.8 Å². The van der Waals surface area contributed by atoms with E-state index in [0.29, 0.717) is 11.3 Å². The van der Waals surface area contributed by atoms with Crippen molar-refractivity contribution >= 4 is 57.2 Å². The summed E-state index contributed by atoms with van der Waals surface area (Å²) in [6, 6.07) is 2.48. The molecule has 2 aliphatic rings. The minimum Gasteiger partial charge on any atom is -0.396 e. The van der Waals surface area contributed by atoms with Crippen LogP contribution in [-0.2, 0) is 4.79 Å². The number of rotatable bonds is 5. The van der Waals surface area contributed by atoms with Crippen LogP contribution in [0.25, 0.3) is 28.0 Å². The average molecular weight is 701 g/mol. The topological polar surface area (TPSA) is 111 Å². The normalized spacial score (nSPS) is 19.8. The summed E-state index contributed by atoms with van der Waals surface area (Å²) in [6.45, 7) is 13.6. The number of carbonyl (C=O) groups excluding carboxylic acids is 1. The van der Waals surface area contributed by atoms with E-state index in [0.717, 1.165) is 0 Å². The standard InChI is InChI=1S/C34H34Cl2F3N7O2/c1-8-22(47)45-17(5)13-44(14-18(45)6)32-19-11-21(35)29(23-24(36)25(37)26(38)27(39)28(23)41)42-33(19)46(34(48)20(32)12-40)31-16(4)9-10-43(7)30(31)15(2)3/h8-11,15,17-18,30H,1,13-14,41H2,2-7H3/t17-,18+,30?. The summed E-state index contributed by atoms with van der Waals surface area (Å²) in [4.78, 5) is 37.5. The lowest BCUT2D eigenvalue weighted by atomic mass is 9.93. The second-order valence-electron chi connectivity index (χ2n) is 12.5. The van der Waals surface area contributed by atoms with Gasteiger partial charge >= 0.3 is 0 Å². The number of aromatic nitrogens is 2. The van der Waals surface area contributed by atoms with Gasteiger partial charge in [-0.15, -0.1) is 0 Å². The van der Waals surface area contributed by atoms with Crippen LogP contribution >= 0.6 is 23.2 Å². The van der Waals surface area contributed by atoms with Gasteiger partial charge in [-0.2, -0.15) is 5.26 Å². The van der Waals surface area contributed by atoms with Crippen LogP contribution in [0.2, 0.25) is 10.0 Å². The second kappa shape index (κ2) is 12.9. The van der Waals surface area contributed by atoms with Crippen molar-refractivity contribution in [3.8, 4) is 17.3 Å². The number of hydrogen-bond donors (Lipinski definition) is 1. The first-order chi connectivity index (χ1) is 22.6. The highest BCUT2D eigenvalue weighted by molar-refractivity contribution is 6.37. The fourth-order valence-electron chi connectivity index (χ4n) is 6.95. The van der Waals surface area contributed by atoms with Gasteiger partial charge in [0.15, 0.2) is 17.5 Å². The molecule has 1 unspecified atom stereocenters. The van der Waals surface area contributed by atoms with Crippen LogP contribution < -0.4 is 16.2 Å². The zero-order chi connectivity index (χ0) is 35.5. The highest BCUT2D eigenvalue weighted by Gasteiger charge is 2.37. The molecule has 0 radical (unpaired) electrons. The van der Waals surface area contributed by atoms with Gasteiger partial charge in [0.2, 0.25) is 5.91 Å². The van der Waals surface area contributed by atoms with Gasteiger partial charge in [-0.05, 0) is 56.7 Å². The third-order valence-electron chi connectivity index (χ3n) is 8.95. The molecule has 14 heteroatoms. The molecule has 3 atom stereocenters. The molecule has 0 spiro atoms. The predicted octanol–water partition coefficient (Wildman–Crippen LogP) is 6.57. The largest absolute Gasteiger partial charge is 0.396 e. The number of carbonyl (C=O) groups is 1. The summed E-state index contributed by atoms with van der Waals surface area (Å²) in [7, 11) is 1.85. The summed E-state index contributed by atoms with van der Waals surface area (Å²) in [5, 5.41) is 9.82. The number of allylic oxidation sites excluding steroid dienone is 2. The van der Waals surface area contributed by atoms with Crippen molar-refractivity contribution in [3.05, 3.63) is 80.0 Å². The molecule has 3 aromatic rings. The second-order valence-corrected chi connectivity index (χ2v) is 13.3. The molecule has 1 fully saturated rings. The number of pyridine rings is 2. The number of fused-ring (bicyclic) bond motifs is 1. The van der Waals surface area contributed by atoms with E-state index in [9.17, 15) is 28.0 Å². The van der Waals surface area contributed by atoms with E-state index in [-0.39, 0.29) is 76.0 Å². The maximum absolute atomic E-state index is 14.8. The number of nitriles is 1. The van der Waals surface area contributed by atoms with Gasteiger partial charge in [0.05, 0.1) is 38.9 Å². The van der Waals surface area contributed by atoms with Gasteiger partial charge in [-0.1, -0.05) is 43.6 Å². The molecule has 4 heterocycles. The monoisotopic (exact) mass is 699 g/mol. The quantitative estimate of drug-likeness (QED) is 0.139. The molecule has 2 aromatic heterocycles. The van der Waals surface area contributed by atoms with Gasteiger partial charge < -0.3 is 20.4 Å². The maximum Gasteiger partial charge on any atom is 0.276 e. The Morgan fingerprint density at radius 1 is 1.17 bits per heavy atom. The van der Waals surface area contributed by atoms with Crippen LogP contribution in [0.1, 0.15) is 40.2 Å². The first-order valence-corrected chi connectivity index (χ1v) is 15.9. The molecule has 0 aliphatic carbocycles. The Bertz CT molecular complexity index is 2010. The Hall–Kier alpha value is -4.47. The number of halogens is 5. The van der Waals surface area contributed by atoms with E-state index in [1.807, 2.05) is 63.7 Å². The summed E-state index contributed by atoms with van der Waals surface area (Å²) in [5.74, 6) is -5.50. The lowest BCUT2D eigenvalue weighted by molar-refractivity contribution is -0.130. The van der Waals surface area contributed by atoms with Crippen molar-refractivity contribution < 1.29 is 18.0 Å². The van der Waals surface area contributed by atoms with Gasteiger partial charge in [0.25, 0.3) is 5.56 Å². The Labute approximate surface area is 285 Å². The SMILES string of the molecule is C=CC(=O)N1[C@H](C)CN(c2c(C#N)c(=O)n(C3=C(C)C=CN(C)C3C(C)C)c3nc(-c4c(N)c(F)c(F)c(F)c4Cl)c(Cl)cc23)C[C@@H]1C. The van der Waals surface area contributed by atoms with Crippen LogP contribution in [0.5, 0.6) is 0 Å². The van der Waals surface area contributed by atoms with Crippen molar-refractivity contribution in [1.29, 1.82) is 5.26 Å². The predicted molar refractivity (Wildman–Crippen MR) is 183 cm³/mol. The number of hydrogen-bond acceptors (Lipinski definition) is 7. The number of nitrogens with two attached hydrogens (primary N) is 1. The van der Waals surface area contributed by atoms with E-state index in [2.05, 4.69) is 12.6 Å². The Kier molecular flexibility index (Phi) is 9.34. The smallest absolute Gasteiger partial charge is 0.276 e. The van der Waals surface area contributed by atoms with E-state index >= 15 is 0 Å². The van der Waals surface area contributed by atoms with Crippen LogP contribution in [0, 0.1) is 34.7 Å². The fraction of sp³-hybridized carbons (Fsp3) is 0.353. The summed E-state index contributed by atoms with van der Waals surface area (Å²) >= 11 is 13.0. The molecule has 2 aliphatic heterocycles. The van der Waals surface area contributed by atoms with Crippen LogP contribution in [0.4, 0.5) is 24.5 Å². The van der Waals surface area contributed by atoms with Crippen molar-refractivity contribution in [2.24, 2.45) is 5.92 Å². The molecule has 1 saturated heterocycles. The molecule has 0 saturated carbocycles. The third kappa shape index (κ3) is 5.39. The fourth-order valence-corrected chi connectivity index (χ4v) is 7.47. The molecule has 5 rings (SSSR count). The molecule has 1 amide bonds. The number of nitrogens with zero attached hydrogens (tertiary/aromatic N) is 6. The van der Waals surface area contributed by atoms with Gasteiger partial charge in [0.1, 0.15) is 17.3 Å². The van der Waals surface area contributed by atoms with Crippen LogP contribution in [0.3, 0.4) is 0 Å². The first-order valence-electron chi connectivity index (χ1n) is 15.2. The molecule has 0 bridgehead atoms. The molecular formula is C34H34Cl2F3N7O2. The first kappa shape index (κ1) is 34.9. The van der Waals surface area contributed by atoms with E-state index in [4.69, 9.17) is 33.9 Å².